The Morgan fingerprint density at radius 2 is 1.86 bits per heavy atom. The second kappa shape index (κ2) is 6.57. The second-order valence-electron chi connectivity index (χ2n) is 3.53. The third-order valence-corrected chi connectivity index (χ3v) is 2.38. The van der Waals surface area contributed by atoms with Crippen molar-refractivity contribution >= 4 is 0 Å². The molecule has 0 saturated heterocycles. The van der Waals surface area contributed by atoms with Crippen LogP contribution in [-0.2, 0) is 6.42 Å². The largest absolute Gasteiger partial charge is 0.318 e. The molecule has 0 aromatic heterocycles. The number of hydrogen-bond acceptors (Lipinski definition) is 2. The van der Waals surface area contributed by atoms with Gasteiger partial charge in [-0.3, -0.25) is 0 Å². The van der Waals surface area contributed by atoms with Gasteiger partial charge in [-0.25, -0.2) is 0 Å². The van der Waals surface area contributed by atoms with Gasteiger partial charge >= 0.3 is 0 Å². The van der Waals surface area contributed by atoms with Gasteiger partial charge < -0.3 is 10.6 Å². The Bertz CT molecular complexity index is 258. The Morgan fingerprint density at radius 1 is 1.07 bits per heavy atom. The summed E-state index contributed by atoms with van der Waals surface area (Å²) in [5.41, 5.74) is 2.84. The Labute approximate surface area is 86.7 Å². The topological polar surface area (TPSA) is 24.1 Å². The molecule has 2 N–H and O–H groups in total. The summed E-state index contributed by atoms with van der Waals surface area (Å²) < 4.78 is 0. The average molecular weight is 192 g/mol. The summed E-state index contributed by atoms with van der Waals surface area (Å²) in [5.74, 6) is 0. The fourth-order valence-corrected chi connectivity index (χ4v) is 1.45. The minimum atomic E-state index is 1.04. The second-order valence-corrected chi connectivity index (χ2v) is 3.53. The highest BCUT2D eigenvalue weighted by Crippen LogP contribution is 2.06. The van der Waals surface area contributed by atoms with Gasteiger partial charge in [0.05, 0.1) is 0 Å². The molecule has 0 spiro atoms. The lowest BCUT2D eigenvalue weighted by atomic mass is 10.1. The fourth-order valence-electron chi connectivity index (χ4n) is 1.45. The van der Waals surface area contributed by atoms with E-state index in [1.165, 1.54) is 11.1 Å². The minimum absolute atomic E-state index is 1.04. The number of hydrogen-bond donors (Lipinski definition) is 2. The van der Waals surface area contributed by atoms with Gasteiger partial charge in [0.15, 0.2) is 0 Å². The van der Waals surface area contributed by atoms with Crippen molar-refractivity contribution in [3.05, 3.63) is 35.4 Å². The van der Waals surface area contributed by atoms with Gasteiger partial charge in [-0.2, -0.15) is 0 Å². The molecule has 0 saturated carbocycles. The molecule has 1 rings (SSSR count). The third-order valence-electron chi connectivity index (χ3n) is 2.38. The Kier molecular flexibility index (Phi) is 5.27. The first-order valence-corrected chi connectivity index (χ1v) is 5.24. The van der Waals surface area contributed by atoms with E-state index in [0.717, 1.165) is 26.1 Å². The van der Waals surface area contributed by atoms with Gasteiger partial charge in [-0.1, -0.05) is 24.3 Å². The minimum Gasteiger partial charge on any atom is -0.318 e. The van der Waals surface area contributed by atoms with E-state index in [9.17, 15) is 0 Å². The zero-order valence-electron chi connectivity index (χ0n) is 9.14. The lowest BCUT2D eigenvalue weighted by molar-refractivity contribution is 0.648. The van der Waals surface area contributed by atoms with E-state index in [4.69, 9.17) is 0 Å². The van der Waals surface area contributed by atoms with Crippen molar-refractivity contribution in [3.63, 3.8) is 0 Å². The van der Waals surface area contributed by atoms with Gasteiger partial charge in [-0.15, -0.1) is 0 Å². The Morgan fingerprint density at radius 3 is 2.57 bits per heavy atom. The van der Waals surface area contributed by atoms with Gasteiger partial charge in [-0.05, 0) is 38.1 Å². The number of aryl methyl sites for hydroxylation is 1. The van der Waals surface area contributed by atoms with E-state index in [2.05, 4.69) is 41.8 Å². The van der Waals surface area contributed by atoms with Crippen LogP contribution in [0.15, 0.2) is 24.3 Å². The number of rotatable bonds is 6. The first-order valence-electron chi connectivity index (χ1n) is 5.24. The van der Waals surface area contributed by atoms with Crippen LogP contribution in [-0.4, -0.2) is 26.7 Å². The molecule has 0 aliphatic carbocycles. The first-order chi connectivity index (χ1) is 6.84. The molecule has 78 valence electrons. The van der Waals surface area contributed by atoms with Crippen LogP contribution in [0.1, 0.15) is 11.1 Å². The quantitative estimate of drug-likeness (QED) is 0.665. The lowest BCUT2D eigenvalue weighted by Crippen LogP contribution is -2.26. The summed E-state index contributed by atoms with van der Waals surface area (Å²) in [5, 5.41) is 6.51. The number of nitrogens with one attached hydrogen (secondary N) is 2. The maximum absolute atomic E-state index is 3.40. The maximum atomic E-state index is 3.40. The van der Waals surface area contributed by atoms with Crippen LogP contribution in [0.5, 0.6) is 0 Å². The van der Waals surface area contributed by atoms with Crippen LogP contribution >= 0.6 is 0 Å². The molecular formula is C12H20N2. The van der Waals surface area contributed by atoms with E-state index in [1.54, 1.807) is 0 Å². The summed E-state index contributed by atoms with van der Waals surface area (Å²) in [6, 6.07) is 8.57. The molecular weight excluding hydrogens is 172 g/mol. The molecule has 0 bridgehead atoms. The summed E-state index contributed by atoms with van der Waals surface area (Å²) >= 11 is 0. The average Bonchev–Trinajstić information content (AvgIpc) is 2.20. The van der Waals surface area contributed by atoms with Crippen molar-refractivity contribution in [2.24, 2.45) is 0 Å². The monoisotopic (exact) mass is 192 g/mol. The molecule has 0 unspecified atom stereocenters. The van der Waals surface area contributed by atoms with E-state index in [-0.39, 0.29) is 0 Å². The molecule has 2 heteroatoms. The number of likely N-dealkylation sites (N-methyl/N-ethyl adjacent to an activating group) is 1. The van der Waals surface area contributed by atoms with Crippen LogP contribution in [0.25, 0.3) is 0 Å². The normalized spacial score (nSPS) is 10.4. The predicted octanol–water partition coefficient (Wildman–Crippen LogP) is 1.35. The highest BCUT2D eigenvalue weighted by atomic mass is 14.9. The van der Waals surface area contributed by atoms with E-state index < -0.39 is 0 Å². The predicted molar refractivity (Wildman–Crippen MR) is 61.7 cm³/mol. The van der Waals surface area contributed by atoms with Gasteiger partial charge in [0.1, 0.15) is 0 Å². The highest BCUT2D eigenvalue weighted by Gasteiger charge is 1.95. The van der Waals surface area contributed by atoms with Crippen LogP contribution < -0.4 is 10.6 Å². The molecule has 0 radical (unpaired) electrons. The van der Waals surface area contributed by atoms with Gasteiger partial charge in [0.2, 0.25) is 0 Å². The van der Waals surface area contributed by atoms with Gasteiger partial charge in [0.25, 0.3) is 0 Å². The van der Waals surface area contributed by atoms with Crippen molar-refractivity contribution in [2.75, 3.05) is 26.7 Å². The molecule has 0 heterocycles. The Balaban J connectivity index is 2.21. The van der Waals surface area contributed by atoms with Crippen molar-refractivity contribution in [1.29, 1.82) is 0 Å². The molecule has 0 aliphatic heterocycles. The standard InChI is InChI=1S/C12H20N2/c1-11-5-3-4-6-12(11)7-8-14-10-9-13-2/h3-6,13-14H,7-10H2,1-2H3. The van der Waals surface area contributed by atoms with E-state index in [1.807, 2.05) is 7.05 Å². The lowest BCUT2D eigenvalue weighted by Gasteiger charge is -2.06. The van der Waals surface area contributed by atoms with Crippen LogP contribution in [0.4, 0.5) is 0 Å². The molecule has 0 atom stereocenters. The van der Waals surface area contributed by atoms with Crippen molar-refractivity contribution in [2.45, 2.75) is 13.3 Å². The fraction of sp³-hybridized carbons (Fsp3) is 0.500. The van der Waals surface area contributed by atoms with Crippen molar-refractivity contribution in [1.82, 2.24) is 10.6 Å². The molecule has 2 nitrogen and oxygen atoms in total. The van der Waals surface area contributed by atoms with Crippen LogP contribution in [0.2, 0.25) is 0 Å². The first kappa shape index (κ1) is 11.2. The van der Waals surface area contributed by atoms with Crippen molar-refractivity contribution < 1.29 is 0 Å². The van der Waals surface area contributed by atoms with Crippen LogP contribution in [0.3, 0.4) is 0 Å². The third kappa shape index (κ3) is 3.90. The van der Waals surface area contributed by atoms with E-state index >= 15 is 0 Å². The summed E-state index contributed by atoms with van der Waals surface area (Å²) in [6.07, 6.45) is 1.12. The summed E-state index contributed by atoms with van der Waals surface area (Å²) in [7, 11) is 1.98. The van der Waals surface area contributed by atoms with E-state index in [0.29, 0.717) is 0 Å². The zero-order chi connectivity index (χ0) is 10.2. The SMILES string of the molecule is CNCCNCCc1ccccc1C. The highest BCUT2D eigenvalue weighted by molar-refractivity contribution is 5.25. The molecule has 1 aromatic rings. The molecule has 1 aromatic carbocycles. The maximum Gasteiger partial charge on any atom is 0.00767 e. The van der Waals surface area contributed by atoms with Crippen LogP contribution in [0, 0.1) is 6.92 Å². The van der Waals surface area contributed by atoms with Crippen molar-refractivity contribution in [3.8, 4) is 0 Å². The summed E-state index contributed by atoms with van der Waals surface area (Å²) in [6.45, 7) is 5.31. The van der Waals surface area contributed by atoms with Gasteiger partial charge in [0, 0.05) is 13.1 Å². The molecule has 14 heavy (non-hydrogen) atoms. The smallest absolute Gasteiger partial charge is 0.00767 e. The number of benzene rings is 1. The molecule has 0 fully saturated rings. The Hall–Kier alpha value is -0.860. The zero-order valence-corrected chi connectivity index (χ0v) is 9.14. The molecule has 0 amide bonds. The summed E-state index contributed by atoms with van der Waals surface area (Å²) in [4.78, 5) is 0. The molecule has 0 aliphatic rings.